The van der Waals surface area contributed by atoms with Gasteiger partial charge in [0, 0.05) is 23.2 Å². The van der Waals surface area contributed by atoms with E-state index in [1.165, 1.54) is 0 Å². The molecular formula is C12H17ClN2S. The van der Waals surface area contributed by atoms with Crippen molar-refractivity contribution in [3.8, 4) is 0 Å². The number of alkyl halides is 1. The largest absolute Gasteiger partial charge is 0.297 e. The van der Waals surface area contributed by atoms with Crippen LogP contribution in [0.15, 0.2) is 17.8 Å². The van der Waals surface area contributed by atoms with Gasteiger partial charge in [-0.1, -0.05) is 20.8 Å². The second-order valence-corrected chi connectivity index (χ2v) is 6.60. The second kappa shape index (κ2) is 4.38. The van der Waals surface area contributed by atoms with Crippen LogP contribution in [0.2, 0.25) is 0 Å². The predicted octanol–water partition coefficient (Wildman–Crippen LogP) is 3.98. The zero-order valence-corrected chi connectivity index (χ0v) is 11.5. The first kappa shape index (κ1) is 11.9. The predicted molar refractivity (Wildman–Crippen MR) is 70.5 cm³/mol. The van der Waals surface area contributed by atoms with Crippen LogP contribution in [-0.4, -0.2) is 14.8 Å². The van der Waals surface area contributed by atoms with Gasteiger partial charge in [-0.05, 0) is 18.3 Å². The van der Waals surface area contributed by atoms with Crippen molar-refractivity contribution in [1.29, 1.82) is 0 Å². The van der Waals surface area contributed by atoms with Crippen LogP contribution in [0.3, 0.4) is 0 Å². The van der Waals surface area contributed by atoms with Gasteiger partial charge < -0.3 is 0 Å². The van der Waals surface area contributed by atoms with Gasteiger partial charge in [-0.2, -0.15) is 0 Å². The Kier molecular flexibility index (Phi) is 3.27. The number of hydrogen-bond acceptors (Lipinski definition) is 2. The molecule has 0 aliphatic rings. The van der Waals surface area contributed by atoms with E-state index in [0.29, 0.717) is 0 Å². The molecule has 2 aromatic heterocycles. The Morgan fingerprint density at radius 2 is 2.25 bits per heavy atom. The Hall–Kier alpha value is -0.540. The summed E-state index contributed by atoms with van der Waals surface area (Å²) in [5, 5.41) is 2.25. The first-order valence-corrected chi connectivity index (χ1v) is 6.83. The number of thiazole rings is 1. The van der Waals surface area contributed by atoms with Crippen LogP contribution < -0.4 is 0 Å². The zero-order valence-electron chi connectivity index (χ0n) is 9.90. The van der Waals surface area contributed by atoms with E-state index in [2.05, 4.69) is 36.4 Å². The molecule has 2 heterocycles. The van der Waals surface area contributed by atoms with Crippen molar-refractivity contribution in [2.45, 2.75) is 39.0 Å². The Bertz CT molecular complexity index is 438. The average molecular weight is 257 g/mol. The number of hydrogen-bond donors (Lipinski definition) is 0. The highest BCUT2D eigenvalue weighted by atomic mass is 35.5. The van der Waals surface area contributed by atoms with Gasteiger partial charge in [0.2, 0.25) is 0 Å². The van der Waals surface area contributed by atoms with Crippen LogP contribution in [0, 0.1) is 5.41 Å². The highest BCUT2D eigenvalue weighted by molar-refractivity contribution is 7.15. The van der Waals surface area contributed by atoms with Gasteiger partial charge in [-0.15, -0.1) is 22.9 Å². The number of imidazole rings is 1. The molecule has 0 aliphatic heterocycles. The number of halogens is 1. The molecule has 0 fully saturated rings. The molecule has 1 atom stereocenters. The topological polar surface area (TPSA) is 17.3 Å². The van der Waals surface area contributed by atoms with Crippen molar-refractivity contribution >= 4 is 27.9 Å². The summed E-state index contributed by atoms with van der Waals surface area (Å²) in [7, 11) is 0. The van der Waals surface area contributed by atoms with Gasteiger partial charge >= 0.3 is 0 Å². The third-order valence-electron chi connectivity index (χ3n) is 2.74. The van der Waals surface area contributed by atoms with E-state index in [4.69, 9.17) is 11.6 Å². The summed E-state index contributed by atoms with van der Waals surface area (Å²) < 4.78 is 2.07. The number of fused-ring (bicyclic) bond motifs is 1. The quantitative estimate of drug-likeness (QED) is 0.760. The fourth-order valence-electron chi connectivity index (χ4n) is 1.60. The summed E-state index contributed by atoms with van der Waals surface area (Å²) in [5.74, 6) is 0. The third-order valence-corrected chi connectivity index (χ3v) is 4.38. The minimum absolute atomic E-state index is 0.165. The van der Waals surface area contributed by atoms with Gasteiger partial charge in [0.15, 0.2) is 4.96 Å². The maximum Gasteiger partial charge on any atom is 0.193 e. The molecule has 0 saturated heterocycles. The fraction of sp³-hybridized carbons (Fsp3) is 0.583. The molecule has 0 amide bonds. The van der Waals surface area contributed by atoms with E-state index in [1.54, 1.807) is 11.3 Å². The van der Waals surface area contributed by atoms with Crippen LogP contribution in [0.5, 0.6) is 0 Å². The molecule has 2 rings (SSSR count). The van der Waals surface area contributed by atoms with Crippen molar-refractivity contribution in [3.05, 3.63) is 23.5 Å². The molecule has 2 nitrogen and oxygen atoms in total. The summed E-state index contributed by atoms with van der Waals surface area (Å²) in [4.78, 5) is 5.62. The maximum absolute atomic E-state index is 6.35. The van der Waals surface area contributed by atoms with E-state index in [9.17, 15) is 0 Å². The Labute approximate surface area is 105 Å². The molecule has 0 saturated carbocycles. The van der Waals surface area contributed by atoms with E-state index in [-0.39, 0.29) is 10.8 Å². The van der Waals surface area contributed by atoms with Gasteiger partial charge in [-0.25, -0.2) is 4.98 Å². The van der Waals surface area contributed by atoms with Gasteiger partial charge in [0.25, 0.3) is 0 Å². The van der Waals surface area contributed by atoms with Crippen LogP contribution in [0.1, 0.15) is 32.9 Å². The highest BCUT2D eigenvalue weighted by Crippen LogP contribution is 2.28. The maximum atomic E-state index is 6.35. The van der Waals surface area contributed by atoms with Crippen molar-refractivity contribution in [2.75, 3.05) is 0 Å². The van der Waals surface area contributed by atoms with Crippen LogP contribution in [-0.2, 0) is 6.42 Å². The van der Waals surface area contributed by atoms with Crippen molar-refractivity contribution in [2.24, 2.45) is 5.41 Å². The van der Waals surface area contributed by atoms with E-state index < -0.39 is 0 Å². The molecule has 0 radical (unpaired) electrons. The van der Waals surface area contributed by atoms with Crippen LogP contribution >= 0.6 is 22.9 Å². The summed E-state index contributed by atoms with van der Waals surface area (Å²) in [6.45, 7) is 6.53. The zero-order chi connectivity index (χ0) is 11.8. The Morgan fingerprint density at radius 1 is 1.50 bits per heavy atom. The van der Waals surface area contributed by atoms with E-state index in [0.717, 1.165) is 23.5 Å². The summed E-state index contributed by atoms with van der Waals surface area (Å²) in [6.07, 6.45) is 6.08. The molecule has 0 bridgehead atoms. The van der Waals surface area contributed by atoms with Gasteiger partial charge in [-0.3, -0.25) is 4.40 Å². The second-order valence-electron chi connectivity index (χ2n) is 5.20. The van der Waals surface area contributed by atoms with Crippen molar-refractivity contribution in [3.63, 3.8) is 0 Å². The van der Waals surface area contributed by atoms with E-state index in [1.807, 2.05) is 11.6 Å². The van der Waals surface area contributed by atoms with Gasteiger partial charge in [0.1, 0.15) is 0 Å². The minimum Gasteiger partial charge on any atom is -0.297 e. The Morgan fingerprint density at radius 3 is 2.88 bits per heavy atom. The summed E-state index contributed by atoms with van der Waals surface area (Å²) >= 11 is 8.01. The molecule has 0 N–H and O–H groups in total. The van der Waals surface area contributed by atoms with E-state index >= 15 is 0 Å². The first-order chi connectivity index (χ1) is 7.47. The number of nitrogens with zero attached hydrogens (tertiary/aromatic N) is 2. The van der Waals surface area contributed by atoms with Crippen molar-refractivity contribution in [1.82, 2.24) is 9.38 Å². The minimum atomic E-state index is 0.165. The van der Waals surface area contributed by atoms with Crippen LogP contribution in [0.25, 0.3) is 4.96 Å². The number of rotatable bonds is 3. The molecule has 0 spiro atoms. The lowest BCUT2D eigenvalue weighted by Gasteiger charge is -2.24. The first-order valence-electron chi connectivity index (χ1n) is 5.52. The average Bonchev–Trinajstić information content (AvgIpc) is 2.71. The lowest BCUT2D eigenvalue weighted by molar-refractivity contribution is 0.373. The molecule has 1 unspecified atom stereocenters. The SMILES string of the molecule is CC(C)(C)C(Cl)CCc1cn2ccsc2n1. The summed E-state index contributed by atoms with van der Waals surface area (Å²) in [5.41, 5.74) is 1.31. The molecule has 0 aliphatic carbocycles. The molecule has 4 heteroatoms. The monoisotopic (exact) mass is 256 g/mol. The molecule has 0 aromatic carbocycles. The molecule has 16 heavy (non-hydrogen) atoms. The standard InChI is InChI=1S/C12H17ClN2S/c1-12(2,3)10(13)5-4-9-8-15-6-7-16-11(15)14-9/h6-8,10H,4-5H2,1-3H3. The smallest absolute Gasteiger partial charge is 0.193 e. The fourth-order valence-corrected chi connectivity index (χ4v) is 2.43. The van der Waals surface area contributed by atoms with Crippen molar-refractivity contribution < 1.29 is 0 Å². The van der Waals surface area contributed by atoms with Crippen LogP contribution in [0.4, 0.5) is 0 Å². The molecule has 2 aromatic rings. The molecule has 88 valence electrons. The summed E-state index contributed by atoms with van der Waals surface area (Å²) in [6, 6.07) is 0. The normalized spacial score (nSPS) is 14.5. The Balaban J connectivity index is 1.98. The number of aromatic nitrogens is 2. The molecular weight excluding hydrogens is 240 g/mol. The van der Waals surface area contributed by atoms with Gasteiger partial charge in [0.05, 0.1) is 5.69 Å². The lowest BCUT2D eigenvalue weighted by atomic mass is 9.89. The highest BCUT2D eigenvalue weighted by Gasteiger charge is 2.22. The number of aryl methyl sites for hydroxylation is 1. The third kappa shape index (κ3) is 2.58. The lowest BCUT2D eigenvalue weighted by Crippen LogP contribution is -2.21.